The first kappa shape index (κ1) is 13.3. The smallest absolute Gasteiger partial charge is 0.213 e. The summed E-state index contributed by atoms with van der Waals surface area (Å²) in [6.07, 6.45) is 3.82. The van der Waals surface area contributed by atoms with Gasteiger partial charge in [0.25, 0.3) is 0 Å². The topological polar surface area (TPSA) is 60.2 Å². The maximum absolute atomic E-state index is 5.59. The van der Waals surface area contributed by atoms with Crippen LogP contribution >= 0.6 is 0 Å². The molecule has 0 radical (unpaired) electrons. The SMILES string of the molecule is C=CCOc1ccccc1CNCCc1ncon1. The van der Waals surface area contributed by atoms with E-state index in [0.29, 0.717) is 12.4 Å². The van der Waals surface area contributed by atoms with Gasteiger partial charge in [-0.1, -0.05) is 36.0 Å². The van der Waals surface area contributed by atoms with Crippen molar-refractivity contribution >= 4 is 0 Å². The highest BCUT2D eigenvalue weighted by Gasteiger charge is 2.02. The van der Waals surface area contributed by atoms with E-state index >= 15 is 0 Å². The summed E-state index contributed by atoms with van der Waals surface area (Å²) in [4.78, 5) is 3.97. The van der Waals surface area contributed by atoms with E-state index in [9.17, 15) is 0 Å². The van der Waals surface area contributed by atoms with Crippen LogP contribution in [-0.4, -0.2) is 23.3 Å². The molecule has 0 bridgehead atoms. The average molecular weight is 259 g/mol. The van der Waals surface area contributed by atoms with E-state index in [0.717, 1.165) is 30.8 Å². The summed E-state index contributed by atoms with van der Waals surface area (Å²) in [5.41, 5.74) is 1.12. The Morgan fingerprint density at radius 1 is 1.37 bits per heavy atom. The van der Waals surface area contributed by atoms with Crippen LogP contribution in [0.25, 0.3) is 0 Å². The van der Waals surface area contributed by atoms with Crippen molar-refractivity contribution in [3.8, 4) is 5.75 Å². The lowest BCUT2D eigenvalue weighted by molar-refractivity contribution is 0.358. The molecule has 2 aromatic rings. The van der Waals surface area contributed by atoms with Crippen LogP contribution < -0.4 is 10.1 Å². The van der Waals surface area contributed by atoms with Crippen molar-refractivity contribution in [3.05, 3.63) is 54.7 Å². The van der Waals surface area contributed by atoms with Crippen molar-refractivity contribution < 1.29 is 9.26 Å². The zero-order valence-electron chi connectivity index (χ0n) is 10.7. The first-order chi connectivity index (χ1) is 9.40. The van der Waals surface area contributed by atoms with Crippen LogP contribution in [-0.2, 0) is 13.0 Å². The van der Waals surface area contributed by atoms with E-state index in [1.165, 1.54) is 6.39 Å². The standard InChI is InChI=1S/C14H17N3O2/c1-2-9-18-13-6-4-3-5-12(13)10-15-8-7-14-16-11-19-17-14/h2-6,11,15H,1,7-10H2. The second kappa shape index (κ2) is 7.33. The van der Waals surface area contributed by atoms with Gasteiger partial charge in [-0.25, -0.2) is 0 Å². The predicted octanol–water partition coefficient (Wildman–Crippen LogP) is 1.97. The van der Waals surface area contributed by atoms with Crippen LogP contribution in [0.1, 0.15) is 11.4 Å². The van der Waals surface area contributed by atoms with E-state index in [4.69, 9.17) is 4.74 Å². The van der Waals surface area contributed by atoms with Crippen LogP contribution in [0.3, 0.4) is 0 Å². The molecule has 0 amide bonds. The van der Waals surface area contributed by atoms with Gasteiger partial charge in [0.2, 0.25) is 6.39 Å². The second-order valence-electron chi connectivity index (χ2n) is 3.98. The Balaban J connectivity index is 1.80. The lowest BCUT2D eigenvalue weighted by Gasteiger charge is -2.10. The maximum Gasteiger partial charge on any atom is 0.213 e. The molecule has 0 aliphatic carbocycles. The summed E-state index contributed by atoms with van der Waals surface area (Å²) in [7, 11) is 0. The summed E-state index contributed by atoms with van der Waals surface area (Å²) < 4.78 is 10.3. The van der Waals surface area contributed by atoms with Crippen molar-refractivity contribution in [1.29, 1.82) is 0 Å². The molecule has 0 spiro atoms. The third-order valence-corrected chi connectivity index (χ3v) is 2.58. The van der Waals surface area contributed by atoms with Crippen molar-refractivity contribution in [1.82, 2.24) is 15.5 Å². The van der Waals surface area contributed by atoms with Gasteiger partial charge < -0.3 is 14.6 Å². The zero-order chi connectivity index (χ0) is 13.3. The van der Waals surface area contributed by atoms with Gasteiger partial charge in [-0.2, -0.15) is 4.98 Å². The number of benzene rings is 1. The van der Waals surface area contributed by atoms with Gasteiger partial charge in [-0.15, -0.1) is 0 Å². The molecule has 1 aromatic carbocycles. The molecule has 1 heterocycles. The summed E-state index contributed by atoms with van der Waals surface area (Å²) in [6.45, 7) is 5.69. The fraction of sp³-hybridized carbons (Fsp3) is 0.286. The molecule has 0 aliphatic heterocycles. The Kier molecular flexibility index (Phi) is 5.13. The first-order valence-corrected chi connectivity index (χ1v) is 6.17. The second-order valence-corrected chi connectivity index (χ2v) is 3.98. The highest BCUT2D eigenvalue weighted by Crippen LogP contribution is 2.17. The number of nitrogens with zero attached hydrogens (tertiary/aromatic N) is 2. The molecule has 0 unspecified atom stereocenters. The molecule has 19 heavy (non-hydrogen) atoms. The summed E-state index contributed by atoms with van der Waals surface area (Å²) in [5, 5.41) is 7.09. The number of ether oxygens (including phenoxy) is 1. The first-order valence-electron chi connectivity index (χ1n) is 6.17. The number of rotatable bonds is 8. The third-order valence-electron chi connectivity index (χ3n) is 2.58. The maximum atomic E-state index is 5.59. The Bertz CT molecular complexity index is 497. The molecule has 0 atom stereocenters. The van der Waals surface area contributed by atoms with E-state index < -0.39 is 0 Å². The molecule has 5 heteroatoms. The minimum atomic E-state index is 0.514. The summed E-state index contributed by atoms with van der Waals surface area (Å²) >= 11 is 0. The molecule has 2 rings (SSSR count). The predicted molar refractivity (Wildman–Crippen MR) is 71.8 cm³/mol. The third kappa shape index (κ3) is 4.22. The number of aromatic nitrogens is 2. The number of hydrogen-bond donors (Lipinski definition) is 1. The molecule has 5 nitrogen and oxygen atoms in total. The summed E-state index contributed by atoms with van der Waals surface area (Å²) in [5.74, 6) is 1.60. The Morgan fingerprint density at radius 3 is 3.05 bits per heavy atom. The minimum Gasteiger partial charge on any atom is -0.489 e. The molecule has 0 aliphatic rings. The van der Waals surface area contributed by atoms with Crippen LogP contribution in [0, 0.1) is 0 Å². The lowest BCUT2D eigenvalue weighted by Crippen LogP contribution is -2.17. The molecular formula is C14H17N3O2. The fourth-order valence-corrected chi connectivity index (χ4v) is 1.67. The normalized spacial score (nSPS) is 10.3. The minimum absolute atomic E-state index is 0.514. The van der Waals surface area contributed by atoms with Crippen LogP contribution in [0.15, 0.2) is 47.8 Å². The van der Waals surface area contributed by atoms with Crippen LogP contribution in [0.5, 0.6) is 5.75 Å². The van der Waals surface area contributed by atoms with Crippen LogP contribution in [0.4, 0.5) is 0 Å². The molecule has 1 N–H and O–H groups in total. The molecule has 0 saturated carbocycles. The van der Waals surface area contributed by atoms with Gasteiger partial charge in [0, 0.05) is 25.1 Å². The van der Waals surface area contributed by atoms with Gasteiger partial charge in [-0.3, -0.25) is 0 Å². The molecule has 0 fully saturated rings. The Hall–Kier alpha value is -2.14. The van der Waals surface area contributed by atoms with E-state index in [-0.39, 0.29) is 0 Å². The van der Waals surface area contributed by atoms with Gasteiger partial charge >= 0.3 is 0 Å². The Morgan fingerprint density at radius 2 is 2.26 bits per heavy atom. The van der Waals surface area contributed by atoms with Crippen molar-refractivity contribution in [2.45, 2.75) is 13.0 Å². The monoisotopic (exact) mass is 259 g/mol. The van der Waals surface area contributed by atoms with E-state index in [1.54, 1.807) is 6.08 Å². The average Bonchev–Trinajstić information content (AvgIpc) is 2.95. The summed E-state index contributed by atoms with van der Waals surface area (Å²) in [6, 6.07) is 7.96. The molecule has 100 valence electrons. The molecule has 1 aromatic heterocycles. The van der Waals surface area contributed by atoms with Crippen LogP contribution in [0.2, 0.25) is 0 Å². The number of para-hydroxylation sites is 1. The fourth-order valence-electron chi connectivity index (χ4n) is 1.67. The molecular weight excluding hydrogens is 242 g/mol. The van der Waals surface area contributed by atoms with Crippen molar-refractivity contribution in [2.75, 3.05) is 13.2 Å². The zero-order valence-corrected chi connectivity index (χ0v) is 10.7. The van der Waals surface area contributed by atoms with Gasteiger partial charge in [0.05, 0.1) is 0 Å². The van der Waals surface area contributed by atoms with Crippen molar-refractivity contribution in [2.24, 2.45) is 0 Å². The molecule has 0 saturated heterocycles. The Labute approximate surface area is 112 Å². The van der Waals surface area contributed by atoms with Crippen molar-refractivity contribution in [3.63, 3.8) is 0 Å². The number of hydrogen-bond acceptors (Lipinski definition) is 5. The van der Waals surface area contributed by atoms with Gasteiger partial charge in [0.1, 0.15) is 12.4 Å². The van der Waals surface area contributed by atoms with E-state index in [1.807, 2.05) is 24.3 Å². The van der Waals surface area contributed by atoms with Gasteiger partial charge in [-0.05, 0) is 6.07 Å². The quantitative estimate of drug-likeness (QED) is 0.580. The highest BCUT2D eigenvalue weighted by molar-refractivity contribution is 5.33. The lowest BCUT2D eigenvalue weighted by atomic mass is 10.2. The number of nitrogens with one attached hydrogen (secondary N) is 1. The largest absolute Gasteiger partial charge is 0.489 e. The van der Waals surface area contributed by atoms with Gasteiger partial charge in [0.15, 0.2) is 5.82 Å². The highest BCUT2D eigenvalue weighted by atomic mass is 16.5. The van der Waals surface area contributed by atoms with E-state index in [2.05, 4.69) is 26.6 Å².